The number of benzene rings is 1. The molecule has 0 aliphatic heterocycles. The highest BCUT2D eigenvalue weighted by atomic mass is 19.2. The smallest absolute Gasteiger partial charge is 0.204 e. The second-order valence-electron chi connectivity index (χ2n) is 6.69. The second kappa shape index (κ2) is 6.93. The van der Waals surface area contributed by atoms with Crippen LogP contribution < -0.4 is 4.74 Å². The third kappa shape index (κ3) is 3.38. The zero-order chi connectivity index (χ0) is 17.3. The van der Waals surface area contributed by atoms with Crippen LogP contribution in [0.5, 0.6) is 5.75 Å². The van der Waals surface area contributed by atoms with Crippen molar-refractivity contribution in [2.45, 2.75) is 46.1 Å². The summed E-state index contributed by atoms with van der Waals surface area (Å²) in [5.41, 5.74) is -0.815. The third-order valence-corrected chi connectivity index (χ3v) is 4.69. The molecule has 0 amide bonds. The van der Waals surface area contributed by atoms with E-state index in [0.717, 1.165) is 18.9 Å². The summed E-state index contributed by atoms with van der Waals surface area (Å²) < 4.78 is 61.4. The zero-order valence-electron chi connectivity index (χ0n) is 13.6. The van der Waals surface area contributed by atoms with Crippen LogP contribution >= 0.6 is 0 Å². The van der Waals surface area contributed by atoms with Crippen molar-refractivity contribution in [2.24, 2.45) is 17.8 Å². The molecule has 3 atom stereocenters. The van der Waals surface area contributed by atoms with Crippen molar-refractivity contribution >= 4 is 6.08 Å². The van der Waals surface area contributed by atoms with Gasteiger partial charge in [0.25, 0.3) is 0 Å². The summed E-state index contributed by atoms with van der Waals surface area (Å²) >= 11 is 0. The summed E-state index contributed by atoms with van der Waals surface area (Å²) in [5, 5.41) is 0. The molecule has 1 nitrogen and oxygen atoms in total. The SMILES string of the molecule is C=Cc1c(F)c(F)c(OC2CC(C)CCC2C(C)C)c(F)c1F. The molecule has 1 saturated carbocycles. The fraction of sp³-hybridized carbons (Fsp3) is 0.556. The highest BCUT2D eigenvalue weighted by Crippen LogP contribution is 2.38. The molecule has 1 aromatic carbocycles. The van der Waals surface area contributed by atoms with E-state index in [2.05, 4.69) is 6.58 Å². The second-order valence-corrected chi connectivity index (χ2v) is 6.69. The lowest BCUT2D eigenvalue weighted by Crippen LogP contribution is -2.37. The molecule has 2 rings (SSSR count). The molecule has 0 N–H and O–H groups in total. The van der Waals surface area contributed by atoms with Gasteiger partial charge in [0, 0.05) is 0 Å². The van der Waals surface area contributed by atoms with E-state index in [1.165, 1.54) is 0 Å². The Labute approximate surface area is 134 Å². The fourth-order valence-corrected chi connectivity index (χ4v) is 3.31. The predicted octanol–water partition coefficient (Wildman–Crippen LogP) is 5.73. The Morgan fingerprint density at radius 1 is 1.04 bits per heavy atom. The minimum Gasteiger partial charge on any atom is -0.484 e. The van der Waals surface area contributed by atoms with E-state index in [1.807, 2.05) is 20.8 Å². The van der Waals surface area contributed by atoms with Crippen molar-refractivity contribution in [1.82, 2.24) is 0 Å². The van der Waals surface area contributed by atoms with Gasteiger partial charge in [-0.1, -0.05) is 39.8 Å². The van der Waals surface area contributed by atoms with Gasteiger partial charge < -0.3 is 4.74 Å². The van der Waals surface area contributed by atoms with Crippen molar-refractivity contribution in [3.63, 3.8) is 0 Å². The highest BCUT2D eigenvalue weighted by molar-refractivity contribution is 5.52. The molecule has 1 aliphatic carbocycles. The van der Waals surface area contributed by atoms with Gasteiger partial charge in [0.1, 0.15) is 6.10 Å². The van der Waals surface area contributed by atoms with Crippen LogP contribution in [-0.4, -0.2) is 6.10 Å². The van der Waals surface area contributed by atoms with Gasteiger partial charge in [-0.25, -0.2) is 8.78 Å². The van der Waals surface area contributed by atoms with Gasteiger partial charge in [0.15, 0.2) is 17.4 Å². The number of hydrogen-bond acceptors (Lipinski definition) is 1. The molecule has 0 bridgehead atoms. The predicted molar refractivity (Wildman–Crippen MR) is 82.1 cm³/mol. The molecule has 1 aliphatic rings. The van der Waals surface area contributed by atoms with Crippen LogP contribution in [0.1, 0.15) is 45.6 Å². The van der Waals surface area contributed by atoms with Crippen molar-refractivity contribution in [3.05, 3.63) is 35.4 Å². The molecule has 0 heterocycles. The van der Waals surface area contributed by atoms with E-state index in [0.29, 0.717) is 12.3 Å². The van der Waals surface area contributed by atoms with Crippen molar-refractivity contribution in [1.29, 1.82) is 0 Å². The van der Waals surface area contributed by atoms with Crippen LogP contribution in [0.3, 0.4) is 0 Å². The number of halogens is 4. The van der Waals surface area contributed by atoms with Crippen molar-refractivity contribution in [2.75, 3.05) is 0 Å². The average molecular weight is 330 g/mol. The third-order valence-electron chi connectivity index (χ3n) is 4.69. The maximum Gasteiger partial charge on any atom is 0.204 e. The van der Waals surface area contributed by atoms with E-state index >= 15 is 0 Å². The molecule has 1 fully saturated rings. The molecular weight excluding hydrogens is 308 g/mol. The lowest BCUT2D eigenvalue weighted by atomic mass is 9.75. The first-order chi connectivity index (χ1) is 10.8. The van der Waals surface area contributed by atoms with Crippen molar-refractivity contribution in [3.8, 4) is 5.75 Å². The Bertz CT molecular complexity index is 568. The summed E-state index contributed by atoms with van der Waals surface area (Å²) in [5.74, 6) is -6.23. The molecule has 5 heteroatoms. The zero-order valence-corrected chi connectivity index (χ0v) is 13.6. The van der Waals surface area contributed by atoms with Crippen LogP contribution in [0.4, 0.5) is 17.6 Å². The minimum absolute atomic E-state index is 0.0928. The molecular formula is C18H22F4O. The number of hydrogen-bond donors (Lipinski definition) is 0. The normalized spacial score (nSPS) is 24.8. The Kier molecular flexibility index (Phi) is 5.37. The van der Waals surface area contributed by atoms with Gasteiger partial charge in [-0.3, -0.25) is 0 Å². The van der Waals surface area contributed by atoms with E-state index < -0.39 is 40.7 Å². The maximum atomic E-state index is 14.1. The monoisotopic (exact) mass is 330 g/mol. The van der Waals surface area contributed by atoms with Crippen LogP contribution in [0.15, 0.2) is 6.58 Å². The molecule has 3 unspecified atom stereocenters. The molecule has 1 aromatic rings. The topological polar surface area (TPSA) is 9.23 Å². The molecule has 0 aromatic heterocycles. The van der Waals surface area contributed by atoms with Gasteiger partial charge >= 0.3 is 0 Å². The van der Waals surface area contributed by atoms with E-state index in [4.69, 9.17) is 4.74 Å². The molecule has 0 spiro atoms. The van der Waals surface area contributed by atoms with Crippen LogP contribution in [0.25, 0.3) is 6.08 Å². The van der Waals surface area contributed by atoms with Gasteiger partial charge in [-0.15, -0.1) is 0 Å². The molecule has 128 valence electrons. The molecule has 0 radical (unpaired) electrons. The summed E-state index contributed by atoms with van der Waals surface area (Å²) in [6, 6.07) is 0. The first kappa shape index (κ1) is 17.8. The van der Waals surface area contributed by atoms with Gasteiger partial charge in [0.2, 0.25) is 11.6 Å². The van der Waals surface area contributed by atoms with Crippen LogP contribution in [0.2, 0.25) is 0 Å². The van der Waals surface area contributed by atoms with E-state index in [-0.39, 0.29) is 11.8 Å². The van der Waals surface area contributed by atoms with E-state index in [1.54, 1.807) is 0 Å². The van der Waals surface area contributed by atoms with Crippen LogP contribution in [-0.2, 0) is 0 Å². The van der Waals surface area contributed by atoms with Gasteiger partial charge in [-0.2, -0.15) is 8.78 Å². The van der Waals surface area contributed by atoms with Crippen LogP contribution in [0, 0.1) is 41.0 Å². The first-order valence-corrected chi connectivity index (χ1v) is 7.92. The first-order valence-electron chi connectivity index (χ1n) is 7.92. The average Bonchev–Trinajstić information content (AvgIpc) is 2.50. The van der Waals surface area contributed by atoms with Gasteiger partial charge in [0.05, 0.1) is 5.56 Å². The van der Waals surface area contributed by atoms with Gasteiger partial charge in [-0.05, 0) is 30.6 Å². The Morgan fingerprint density at radius 2 is 1.61 bits per heavy atom. The Hall–Kier alpha value is -1.52. The number of ether oxygens (including phenoxy) is 1. The molecule has 0 saturated heterocycles. The highest BCUT2D eigenvalue weighted by Gasteiger charge is 2.35. The largest absolute Gasteiger partial charge is 0.484 e. The maximum absolute atomic E-state index is 14.1. The Morgan fingerprint density at radius 3 is 2.09 bits per heavy atom. The van der Waals surface area contributed by atoms with E-state index in [9.17, 15) is 17.6 Å². The van der Waals surface area contributed by atoms with Crippen molar-refractivity contribution < 1.29 is 22.3 Å². The lowest BCUT2D eigenvalue weighted by molar-refractivity contribution is 0.0388. The molecule has 23 heavy (non-hydrogen) atoms. The summed E-state index contributed by atoms with van der Waals surface area (Å²) in [7, 11) is 0. The Balaban J connectivity index is 2.40. The minimum atomic E-state index is -1.50. The fourth-order valence-electron chi connectivity index (χ4n) is 3.31. The summed E-state index contributed by atoms with van der Waals surface area (Å²) in [6.07, 6.45) is 2.76. The quantitative estimate of drug-likeness (QED) is 0.506. The summed E-state index contributed by atoms with van der Waals surface area (Å²) in [6.45, 7) is 9.21. The lowest BCUT2D eigenvalue weighted by Gasteiger charge is -2.37. The summed E-state index contributed by atoms with van der Waals surface area (Å²) in [4.78, 5) is 0. The number of rotatable bonds is 4. The standard InChI is InChI=1S/C18H22F4O/c1-5-11-14(19)16(21)18(17(22)15(11)20)23-13-8-10(4)6-7-12(13)9(2)3/h5,9-10,12-13H,1,6-8H2,2-4H3.